The van der Waals surface area contributed by atoms with Crippen molar-refractivity contribution in [2.75, 3.05) is 37.9 Å². The number of aromatic amines is 1. The van der Waals surface area contributed by atoms with Crippen molar-refractivity contribution in [2.45, 2.75) is 6.18 Å². The lowest BCUT2D eigenvalue weighted by atomic mass is 10.1. The number of hydrogen-bond donors (Lipinski definition) is 2. The summed E-state index contributed by atoms with van der Waals surface area (Å²) in [6.07, 6.45) is -4.73. The molecule has 1 atom stereocenters. The zero-order valence-corrected chi connectivity index (χ0v) is 14.4. The van der Waals surface area contributed by atoms with E-state index in [2.05, 4.69) is 0 Å². The number of rotatable bonds is 2. The fraction of sp³-hybridized carbons (Fsp3) is 0.429. The predicted octanol–water partition coefficient (Wildman–Crippen LogP) is 1.21. The van der Waals surface area contributed by atoms with Crippen LogP contribution in [0.1, 0.15) is 5.56 Å². The van der Waals surface area contributed by atoms with Gasteiger partial charge in [-0.15, -0.1) is 0 Å². The number of aromatic nitrogens is 2. The molecular formula is C14H15F3N3O5P. The highest BCUT2D eigenvalue weighted by molar-refractivity contribution is 7.55. The number of nitrogens with zero attached hydrogens (tertiary/aromatic N) is 2. The van der Waals surface area contributed by atoms with Gasteiger partial charge in [0.15, 0.2) is 0 Å². The van der Waals surface area contributed by atoms with Gasteiger partial charge < -0.3 is 19.5 Å². The van der Waals surface area contributed by atoms with E-state index >= 15 is 0 Å². The molecule has 1 fully saturated rings. The van der Waals surface area contributed by atoms with E-state index in [1.54, 1.807) is 0 Å². The lowest BCUT2D eigenvalue weighted by Gasteiger charge is -2.31. The first kappa shape index (κ1) is 18.7. The predicted molar refractivity (Wildman–Crippen MR) is 88.0 cm³/mol. The Morgan fingerprint density at radius 2 is 1.85 bits per heavy atom. The smallest absolute Gasteiger partial charge is 0.378 e. The fourth-order valence-corrected chi connectivity index (χ4v) is 3.89. The van der Waals surface area contributed by atoms with Crippen LogP contribution in [0, 0.1) is 0 Å². The summed E-state index contributed by atoms with van der Waals surface area (Å²) in [5.41, 5.74) is -4.45. The van der Waals surface area contributed by atoms with Crippen molar-refractivity contribution >= 4 is 24.2 Å². The normalized spacial score (nSPS) is 18.1. The van der Waals surface area contributed by atoms with E-state index in [1.807, 2.05) is 4.98 Å². The zero-order chi connectivity index (χ0) is 19.3. The Kier molecular flexibility index (Phi) is 4.50. The SMILES string of the molecule is CP(=O)(O)n1c(=O)c(=O)[nH]c2cc(C(F)(F)F)c(N3CCOCC3)cc21. The molecule has 1 unspecified atom stereocenters. The molecule has 0 amide bonds. The minimum absolute atomic E-state index is 0.186. The summed E-state index contributed by atoms with van der Waals surface area (Å²) in [4.78, 5) is 37.1. The molecule has 2 heterocycles. The molecular weight excluding hydrogens is 378 g/mol. The van der Waals surface area contributed by atoms with Gasteiger partial charge in [0.1, 0.15) is 0 Å². The lowest BCUT2D eigenvalue weighted by Crippen LogP contribution is -2.38. The number of anilines is 1. The van der Waals surface area contributed by atoms with E-state index in [4.69, 9.17) is 4.74 Å². The van der Waals surface area contributed by atoms with E-state index in [0.717, 1.165) is 12.7 Å². The second-order valence-corrected chi connectivity index (χ2v) is 7.96. The molecule has 3 rings (SSSR count). The number of benzene rings is 1. The molecule has 12 heteroatoms. The Labute approximate surface area is 144 Å². The highest BCUT2D eigenvalue weighted by Gasteiger charge is 2.36. The van der Waals surface area contributed by atoms with Gasteiger partial charge in [0, 0.05) is 19.8 Å². The maximum absolute atomic E-state index is 13.5. The molecule has 8 nitrogen and oxygen atoms in total. The van der Waals surface area contributed by atoms with Crippen LogP contribution in [0.4, 0.5) is 18.9 Å². The first-order chi connectivity index (χ1) is 12.0. The van der Waals surface area contributed by atoms with Gasteiger partial charge in [-0.25, -0.2) is 4.34 Å². The molecule has 1 aliphatic rings. The molecule has 0 spiro atoms. The third-order valence-corrected chi connectivity index (χ3v) is 5.14. The van der Waals surface area contributed by atoms with Gasteiger partial charge in [-0.05, 0) is 12.1 Å². The van der Waals surface area contributed by atoms with Gasteiger partial charge in [-0.1, -0.05) is 0 Å². The van der Waals surface area contributed by atoms with Crippen molar-refractivity contribution in [2.24, 2.45) is 0 Å². The summed E-state index contributed by atoms with van der Waals surface area (Å²) in [5.74, 6) is 0. The van der Waals surface area contributed by atoms with Crippen molar-refractivity contribution in [1.82, 2.24) is 9.32 Å². The summed E-state index contributed by atoms with van der Waals surface area (Å²) >= 11 is 0. The number of hydrogen-bond acceptors (Lipinski definition) is 5. The Morgan fingerprint density at radius 3 is 2.38 bits per heavy atom. The van der Waals surface area contributed by atoms with Crippen LogP contribution in [0.2, 0.25) is 0 Å². The quantitative estimate of drug-likeness (QED) is 0.587. The average molecular weight is 393 g/mol. The summed E-state index contributed by atoms with van der Waals surface area (Å²) in [6.45, 7) is 1.65. The van der Waals surface area contributed by atoms with E-state index in [-0.39, 0.29) is 43.0 Å². The van der Waals surface area contributed by atoms with Crippen LogP contribution >= 0.6 is 7.52 Å². The molecule has 1 aromatic carbocycles. The van der Waals surface area contributed by atoms with Crippen LogP contribution in [0.15, 0.2) is 21.7 Å². The topological polar surface area (TPSA) is 105 Å². The third kappa shape index (κ3) is 3.29. The van der Waals surface area contributed by atoms with E-state index in [0.29, 0.717) is 10.4 Å². The van der Waals surface area contributed by atoms with E-state index in [1.165, 1.54) is 4.90 Å². The first-order valence-electron chi connectivity index (χ1n) is 7.54. The average Bonchev–Trinajstić information content (AvgIpc) is 2.53. The molecule has 2 N–H and O–H groups in total. The van der Waals surface area contributed by atoms with Crippen LogP contribution in [-0.4, -0.2) is 47.2 Å². The molecule has 1 aliphatic heterocycles. The van der Waals surface area contributed by atoms with Gasteiger partial charge in [0.25, 0.3) is 7.52 Å². The van der Waals surface area contributed by atoms with Gasteiger partial charge in [-0.2, -0.15) is 13.2 Å². The second-order valence-electron chi connectivity index (χ2n) is 5.89. The standard InChI is InChI=1S/C14H15F3N3O5P/c1-26(23,24)20-11-7-10(19-2-4-25-5-3-19)8(14(15,16)17)6-9(11)18-12(21)13(20)22/h6-7H,2-5H2,1H3,(H,18,21)(H,23,24). The molecule has 0 bridgehead atoms. The number of alkyl halides is 3. The monoisotopic (exact) mass is 393 g/mol. The highest BCUT2D eigenvalue weighted by atomic mass is 31.2. The zero-order valence-electron chi connectivity index (χ0n) is 13.5. The molecule has 26 heavy (non-hydrogen) atoms. The maximum Gasteiger partial charge on any atom is 0.418 e. The van der Waals surface area contributed by atoms with E-state index < -0.39 is 30.4 Å². The Morgan fingerprint density at radius 1 is 1.23 bits per heavy atom. The van der Waals surface area contributed by atoms with E-state index in [9.17, 15) is 32.2 Å². The minimum Gasteiger partial charge on any atom is -0.378 e. The largest absolute Gasteiger partial charge is 0.418 e. The van der Waals surface area contributed by atoms with Crippen LogP contribution in [-0.2, 0) is 15.5 Å². The number of H-pyrrole nitrogens is 1. The molecule has 1 saturated heterocycles. The van der Waals surface area contributed by atoms with Crippen molar-refractivity contribution in [3.05, 3.63) is 38.4 Å². The van der Waals surface area contributed by atoms with Gasteiger partial charge in [0.2, 0.25) is 0 Å². The number of halogens is 3. The van der Waals surface area contributed by atoms with Gasteiger partial charge in [0.05, 0.1) is 35.5 Å². The molecule has 1 aromatic heterocycles. The Bertz CT molecular complexity index is 1020. The summed E-state index contributed by atoms with van der Waals surface area (Å²) < 4.78 is 58.1. The van der Waals surface area contributed by atoms with Crippen molar-refractivity contribution in [1.29, 1.82) is 0 Å². The second kappa shape index (κ2) is 6.26. The summed E-state index contributed by atoms with van der Waals surface area (Å²) in [5, 5.41) is 0. The number of nitrogens with one attached hydrogen (secondary N) is 1. The maximum atomic E-state index is 13.5. The Hall–Kier alpha value is -2.10. The number of ether oxygens (including phenoxy) is 1. The fourth-order valence-electron chi connectivity index (χ4n) is 2.90. The molecule has 0 aliphatic carbocycles. The molecule has 0 saturated carbocycles. The Balaban J connectivity index is 2.41. The molecule has 142 valence electrons. The van der Waals surface area contributed by atoms with Crippen molar-refractivity contribution < 1.29 is 27.4 Å². The summed E-state index contributed by atoms with van der Waals surface area (Å²) in [7, 11) is -4.28. The molecule has 2 aromatic rings. The first-order valence-corrected chi connectivity index (χ1v) is 9.60. The van der Waals surface area contributed by atoms with Crippen LogP contribution in [0.25, 0.3) is 11.0 Å². The van der Waals surface area contributed by atoms with Gasteiger partial charge in [-0.3, -0.25) is 14.2 Å². The number of fused-ring (bicyclic) bond motifs is 1. The minimum atomic E-state index is -4.73. The summed E-state index contributed by atoms with van der Waals surface area (Å²) in [6, 6.07) is 1.68. The van der Waals surface area contributed by atoms with Crippen LogP contribution in [0.3, 0.4) is 0 Å². The molecule has 0 radical (unpaired) electrons. The van der Waals surface area contributed by atoms with Gasteiger partial charge >= 0.3 is 17.3 Å². The van der Waals surface area contributed by atoms with Crippen molar-refractivity contribution in [3.8, 4) is 0 Å². The lowest BCUT2D eigenvalue weighted by molar-refractivity contribution is -0.137. The number of morpholine rings is 1. The van der Waals surface area contributed by atoms with Crippen LogP contribution in [0.5, 0.6) is 0 Å². The van der Waals surface area contributed by atoms with Crippen LogP contribution < -0.4 is 16.0 Å². The van der Waals surface area contributed by atoms with Crippen molar-refractivity contribution in [3.63, 3.8) is 0 Å². The third-order valence-electron chi connectivity index (χ3n) is 4.01. The highest BCUT2D eigenvalue weighted by Crippen LogP contribution is 2.42.